The summed E-state index contributed by atoms with van der Waals surface area (Å²) in [6.45, 7) is 6.05. The second-order valence-corrected chi connectivity index (χ2v) is 4.69. The minimum Gasteiger partial charge on any atom is -0.464 e. The molecule has 0 aliphatic carbocycles. The van der Waals surface area contributed by atoms with E-state index >= 15 is 0 Å². The van der Waals surface area contributed by atoms with Gasteiger partial charge in [-0.1, -0.05) is 6.42 Å². The molecule has 0 spiro atoms. The maximum Gasteiger partial charge on any atom is 0.323 e. The van der Waals surface area contributed by atoms with Gasteiger partial charge in [-0.3, -0.25) is 4.90 Å². The van der Waals surface area contributed by atoms with E-state index in [-0.39, 0.29) is 17.3 Å². The van der Waals surface area contributed by atoms with Gasteiger partial charge in [-0.25, -0.2) is 0 Å². The van der Waals surface area contributed by atoms with Crippen molar-refractivity contribution < 1.29 is 9.47 Å². The third kappa shape index (κ3) is 4.80. The molecule has 0 radical (unpaired) electrons. The number of rotatable bonds is 6. The van der Waals surface area contributed by atoms with E-state index in [1.807, 2.05) is 6.92 Å². The lowest BCUT2D eigenvalue weighted by molar-refractivity contribution is 0.175. The summed E-state index contributed by atoms with van der Waals surface area (Å²) >= 11 is 5.78. The fourth-order valence-electron chi connectivity index (χ4n) is 2.02. The predicted molar refractivity (Wildman–Crippen MR) is 71.8 cm³/mol. The van der Waals surface area contributed by atoms with Crippen molar-refractivity contribution in [2.75, 3.05) is 32.8 Å². The Morgan fingerprint density at radius 3 is 2.42 bits per heavy atom. The van der Waals surface area contributed by atoms with Crippen LogP contribution in [0, 0.1) is 0 Å². The Kier molecular flexibility index (Phi) is 5.60. The number of hydrogen-bond acceptors (Lipinski definition) is 6. The molecule has 1 aromatic rings. The average molecular weight is 287 g/mol. The topological polar surface area (TPSA) is 60.4 Å². The Balaban J connectivity index is 1.81. The van der Waals surface area contributed by atoms with Crippen LogP contribution in [0.3, 0.4) is 0 Å². The second kappa shape index (κ2) is 7.45. The summed E-state index contributed by atoms with van der Waals surface area (Å²) in [6, 6.07) is 0.427. The van der Waals surface area contributed by atoms with E-state index in [4.69, 9.17) is 21.1 Å². The first-order chi connectivity index (χ1) is 9.28. The highest BCUT2D eigenvalue weighted by Crippen LogP contribution is 2.13. The van der Waals surface area contributed by atoms with E-state index in [1.165, 1.54) is 19.3 Å². The van der Waals surface area contributed by atoms with Crippen LogP contribution >= 0.6 is 11.6 Å². The lowest BCUT2D eigenvalue weighted by Crippen LogP contribution is -2.33. The SMILES string of the molecule is CCOc1nc(Cl)nc(OCCN2CCCCC2)n1. The van der Waals surface area contributed by atoms with Gasteiger partial charge < -0.3 is 9.47 Å². The molecule has 0 saturated carbocycles. The Hall–Kier alpha value is -1.14. The highest BCUT2D eigenvalue weighted by Gasteiger charge is 2.11. The molecule has 1 saturated heterocycles. The molecule has 1 aromatic heterocycles. The predicted octanol–water partition coefficient (Wildman–Crippen LogP) is 1.79. The Bertz CT molecular complexity index is 399. The van der Waals surface area contributed by atoms with Crippen LogP contribution < -0.4 is 9.47 Å². The minimum absolute atomic E-state index is 0.0893. The van der Waals surface area contributed by atoms with Crippen molar-refractivity contribution in [2.24, 2.45) is 0 Å². The van der Waals surface area contributed by atoms with Gasteiger partial charge in [0.1, 0.15) is 6.61 Å². The summed E-state index contributed by atoms with van der Waals surface area (Å²) in [4.78, 5) is 14.2. The van der Waals surface area contributed by atoms with Crippen molar-refractivity contribution >= 4 is 11.6 Å². The summed E-state index contributed by atoms with van der Waals surface area (Å²) in [5, 5.41) is 0.0893. The molecule has 1 aliphatic heterocycles. The van der Waals surface area contributed by atoms with Crippen molar-refractivity contribution in [3.05, 3.63) is 5.28 Å². The molecule has 0 unspecified atom stereocenters. The highest BCUT2D eigenvalue weighted by molar-refractivity contribution is 6.28. The van der Waals surface area contributed by atoms with E-state index in [2.05, 4.69) is 19.9 Å². The summed E-state index contributed by atoms with van der Waals surface area (Å²) in [5.74, 6) is 0. The van der Waals surface area contributed by atoms with Crippen LogP contribution in [0.1, 0.15) is 26.2 Å². The Morgan fingerprint density at radius 1 is 1.05 bits per heavy atom. The molecule has 0 atom stereocenters. The zero-order chi connectivity index (χ0) is 13.5. The molecule has 0 N–H and O–H groups in total. The van der Waals surface area contributed by atoms with E-state index in [1.54, 1.807) is 0 Å². The molecule has 0 bridgehead atoms. The van der Waals surface area contributed by atoms with Crippen molar-refractivity contribution in [1.29, 1.82) is 0 Å². The van der Waals surface area contributed by atoms with Gasteiger partial charge in [0, 0.05) is 6.54 Å². The maximum absolute atomic E-state index is 5.78. The van der Waals surface area contributed by atoms with Crippen LogP contribution in [0.4, 0.5) is 0 Å². The molecule has 6 nitrogen and oxygen atoms in total. The van der Waals surface area contributed by atoms with Gasteiger partial charge in [0.05, 0.1) is 6.61 Å². The number of nitrogens with zero attached hydrogens (tertiary/aromatic N) is 4. The number of piperidine rings is 1. The van der Waals surface area contributed by atoms with Crippen molar-refractivity contribution in [3.8, 4) is 12.0 Å². The fourth-order valence-corrected chi connectivity index (χ4v) is 2.17. The van der Waals surface area contributed by atoms with E-state index in [9.17, 15) is 0 Å². The maximum atomic E-state index is 5.78. The smallest absolute Gasteiger partial charge is 0.323 e. The van der Waals surface area contributed by atoms with Gasteiger partial charge in [0.2, 0.25) is 5.28 Å². The average Bonchev–Trinajstić information content (AvgIpc) is 2.40. The number of aromatic nitrogens is 3. The number of ether oxygens (including phenoxy) is 2. The van der Waals surface area contributed by atoms with Gasteiger partial charge in [-0.2, -0.15) is 9.97 Å². The number of likely N-dealkylation sites (tertiary alicyclic amines) is 1. The molecule has 1 aliphatic rings. The highest BCUT2D eigenvalue weighted by atomic mass is 35.5. The normalized spacial score (nSPS) is 16.3. The molecule has 0 aromatic carbocycles. The molecule has 2 rings (SSSR count). The van der Waals surface area contributed by atoms with Crippen LogP contribution in [0.25, 0.3) is 0 Å². The van der Waals surface area contributed by atoms with E-state index in [0.29, 0.717) is 13.2 Å². The summed E-state index contributed by atoms with van der Waals surface area (Å²) in [7, 11) is 0. The second-order valence-electron chi connectivity index (χ2n) is 4.35. The van der Waals surface area contributed by atoms with Crippen LogP contribution in [-0.2, 0) is 0 Å². The largest absolute Gasteiger partial charge is 0.464 e. The van der Waals surface area contributed by atoms with Gasteiger partial charge in [-0.15, -0.1) is 4.98 Å². The van der Waals surface area contributed by atoms with Gasteiger partial charge in [-0.05, 0) is 44.5 Å². The molecular formula is C12H19ClN4O2. The first-order valence-electron chi connectivity index (χ1n) is 6.67. The first-order valence-corrected chi connectivity index (χ1v) is 7.05. The van der Waals surface area contributed by atoms with Gasteiger partial charge in [0.25, 0.3) is 0 Å². The standard InChI is InChI=1S/C12H19ClN4O2/c1-2-18-11-14-10(13)15-12(16-11)19-9-8-17-6-4-3-5-7-17/h2-9H2,1H3. The summed E-state index contributed by atoms with van der Waals surface area (Å²) < 4.78 is 10.7. The molecule has 1 fully saturated rings. The van der Waals surface area contributed by atoms with Gasteiger partial charge >= 0.3 is 12.0 Å². The fraction of sp³-hybridized carbons (Fsp3) is 0.750. The third-order valence-corrected chi connectivity index (χ3v) is 3.10. The van der Waals surface area contributed by atoms with E-state index < -0.39 is 0 Å². The minimum atomic E-state index is 0.0893. The zero-order valence-electron chi connectivity index (χ0n) is 11.1. The molecule has 0 amide bonds. The number of halogens is 1. The third-order valence-electron chi connectivity index (χ3n) is 2.93. The van der Waals surface area contributed by atoms with Crippen molar-refractivity contribution in [2.45, 2.75) is 26.2 Å². The first kappa shape index (κ1) is 14.3. The molecule has 19 heavy (non-hydrogen) atoms. The van der Waals surface area contributed by atoms with Crippen molar-refractivity contribution in [1.82, 2.24) is 19.9 Å². The van der Waals surface area contributed by atoms with Crippen molar-refractivity contribution in [3.63, 3.8) is 0 Å². The molecule has 2 heterocycles. The number of hydrogen-bond donors (Lipinski definition) is 0. The zero-order valence-corrected chi connectivity index (χ0v) is 11.9. The van der Waals surface area contributed by atoms with Crippen LogP contribution in [0.2, 0.25) is 5.28 Å². The van der Waals surface area contributed by atoms with Gasteiger partial charge in [0.15, 0.2) is 0 Å². The Labute approximate surface area is 118 Å². The van der Waals surface area contributed by atoms with E-state index in [0.717, 1.165) is 19.6 Å². The molecule has 106 valence electrons. The summed E-state index contributed by atoms with van der Waals surface area (Å²) in [6.07, 6.45) is 3.87. The summed E-state index contributed by atoms with van der Waals surface area (Å²) in [5.41, 5.74) is 0. The Morgan fingerprint density at radius 2 is 1.74 bits per heavy atom. The van der Waals surface area contributed by atoms with Crippen LogP contribution in [-0.4, -0.2) is 52.7 Å². The monoisotopic (exact) mass is 286 g/mol. The lowest BCUT2D eigenvalue weighted by Gasteiger charge is -2.25. The molecular weight excluding hydrogens is 268 g/mol. The lowest BCUT2D eigenvalue weighted by atomic mass is 10.1. The quantitative estimate of drug-likeness (QED) is 0.794. The molecule has 7 heteroatoms. The van der Waals surface area contributed by atoms with Crippen LogP contribution in [0.5, 0.6) is 12.0 Å². The van der Waals surface area contributed by atoms with Crippen LogP contribution in [0.15, 0.2) is 0 Å².